The molecule has 2 amide bonds. The highest BCUT2D eigenvalue weighted by molar-refractivity contribution is 5.96. The highest BCUT2D eigenvalue weighted by Crippen LogP contribution is 2.23. The van der Waals surface area contributed by atoms with Crippen molar-refractivity contribution in [3.63, 3.8) is 0 Å². The van der Waals surface area contributed by atoms with Gasteiger partial charge in [0.05, 0.1) is 0 Å². The number of hydrogen-bond donors (Lipinski definition) is 2. The van der Waals surface area contributed by atoms with Gasteiger partial charge in [0.15, 0.2) is 6.61 Å². The normalized spacial score (nSPS) is 19.8. The molecule has 2 N–H and O–H groups in total. The molecule has 1 saturated carbocycles. The Morgan fingerprint density at radius 3 is 2.68 bits per heavy atom. The van der Waals surface area contributed by atoms with Crippen LogP contribution in [0.25, 0.3) is 0 Å². The van der Waals surface area contributed by atoms with E-state index in [9.17, 15) is 14.4 Å². The lowest BCUT2D eigenvalue weighted by Gasteiger charge is -2.29. The molecule has 1 aliphatic carbocycles. The zero-order valence-electron chi connectivity index (χ0n) is 14.8. The zero-order chi connectivity index (χ0) is 18.2. The van der Waals surface area contributed by atoms with Gasteiger partial charge >= 0.3 is 5.97 Å². The third kappa shape index (κ3) is 6.21. The maximum Gasteiger partial charge on any atom is 0.325 e. The van der Waals surface area contributed by atoms with E-state index in [0.29, 0.717) is 11.5 Å². The number of amides is 2. The van der Waals surface area contributed by atoms with Crippen LogP contribution in [0.4, 0.5) is 0 Å². The molecule has 1 fully saturated rings. The van der Waals surface area contributed by atoms with Crippen molar-refractivity contribution in [1.29, 1.82) is 0 Å². The van der Waals surface area contributed by atoms with Gasteiger partial charge in [0.2, 0.25) is 0 Å². The Balaban J connectivity index is 1.68. The predicted octanol–water partition coefficient (Wildman–Crippen LogP) is 1.96. The fourth-order valence-electron chi connectivity index (χ4n) is 3.02. The molecule has 0 heterocycles. The molecule has 2 rings (SSSR count). The number of benzene rings is 1. The molecule has 136 valence electrons. The van der Waals surface area contributed by atoms with Gasteiger partial charge in [-0.05, 0) is 37.8 Å². The number of hydrogen-bond acceptors (Lipinski definition) is 4. The maximum absolute atomic E-state index is 11.9. The van der Waals surface area contributed by atoms with Gasteiger partial charge in [-0.25, -0.2) is 0 Å². The zero-order valence-corrected chi connectivity index (χ0v) is 14.8. The Bertz CT molecular complexity index is 630. The van der Waals surface area contributed by atoms with Crippen molar-refractivity contribution in [2.75, 3.05) is 13.2 Å². The molecule has 0 saturated heterocycles. The summed E-state index contributed by atoms with van der Waals surface area (Å²) in [6.07, 6.45) is 4.38. The molecule has 0 spiro atoms. The lowest BCUT2D eigenvalue weighted by molar-refractivity contribution is -0.147. The summed E-state index contributed by atoms with van der Waals surface area (Å²) < 4.78 is 4.92. The van der Waals surface area contributed by atoms with Crippen molar-refractivity contribution >= 4 is 17.8 Å². The predicted molar refractivity (Wildman–Crippen MR) is 94.0 cm³/mol. The molecule has 0 aliphatic heterocycles. The topological polar surface area (TPSA) is 84.5 Å². The Hall–Kier alpha value is -2.37. The summed E-state index contributed by atoms with van der Waals surface area (Å²) in [5.41, 5.74) is 1.45. The summed E-state index contributed by atoms with van der Waals surface area (Å²) in [5.74, 6) is -0.826. The molecular weight excluding hydrogens is 320 g/mol. The largest absolute Gasteiger partial charge is 0.454 e. The van der Waals surface area contributed by atoms with E-state index in [2.05, 4.69) is 17.6 Å². The van der Waals surface area contributed by atoms with Crippen LogP contribution in [0.15, 0.2) is 24.3 Å². The SMILES string of the molecule is Cc1cccc(C(=O)NCC(=O)OCC(=O)N[C@@H]2CCCC[C@H]2C)c1. The van der Waals surface area contributed by atoms with Crippen LogP contribution in [0.5, 0.6) is 0 Å². The molecule has 0 bridgehead atoms. The molecule has 2 atom stereocenters. The molecular formula is C19H26N2O4. The molecule has 25 heavy (non-hydrogen) atoms. The summed E-state index contributed by atoms with van der Waals surface area (Å²) in [6.45, 7) is 3.43. The van der Waals surface area contributed by atoms with Gasteiger partial charge in [0.1, 0.15) is 6.54 Å². The molecule has 0 radical (unpaired) electrons. The quantitative estimate of drug-likeness (QED) is 0.771. The van der Waals surface area contributed by atoms with E-state index >= 15 is 0 Å². The number of aryl methyl sites for hydroxylation is 1. The molecule has 6 nitrogen and oxygen atoms in total. The van der Waals surface area contributed by atoms with Crippen molar-refractivity contribution in [3.05, 3.63) is 35.4 Å². The lowest BCUT2D eigenvalue weighted by atomic mass is 9.86. The summed E-state index contributed by atoms with van der Waals surface area (Å²) in [4.78, 5) is 35.5. The second kappa shape index (κ2) is 9.20. The number of carbonyl (C=O) groups is 3. The monoisotopic (exact) mass is 346 g/mol. The first kappa shape index (κ1) is 19.0. The number of nitrogens with one attached hydrogen (secondary N) is 2. The minimum absolute atomic E-state index is 0.154. The average molecular weight is 346 g/mol. The Kier molecular flexibility index (Phi) is 6.98. The van der Waals surface area contributed by atoms with Gasteiger partial charge in [0.25, 0.3) is 11.8 Å². The number of carbonyl (C=O) groups excluding carboxylic acids is 3. The molecule has 1 aromatic carbocycles. The highest BCUT2D eigenvalue weighted by atomic mass is 16.5. The van der Waals surface area contributed by atoms with Crippen molar-refractivity contribution in [2.45, 2.75) is 45.6 Å². The number of rotatable bonds is 6. The van der Waals surface area contributed by atoms with E-state index < -0.39 is 5.97 Å². The first-order valence-corrected chi connectivity index (χ1v) is 8.75. The lowest BCUT2D eigenvalue weighted by Crippen LogP contribution is -2.43. The van der Waals surface area contributed by atoms with Crippen molar-refractivity contribution in [2.24, 2.45) is 5.92 Å². The van der Waals surface area contributed by atoms with E-state index in [1.165, 1.54) is 6.42 Å². The standard InChI is InChI=1S/C19H26N2O4/c1-13-6-5-8-15(10-13)19(24)20-11-18(23)25-12-17(22)21-16-9-4-3-7-14(16)2/h5-6,8,10,14,16H,3-4,7,9,11-12H2,1-2H3,(H,20,24)(H,21,22)/t14-,16-/m1/s1. The Morgan fingerprint density at radius 2 is 1.96 bits per heavy atom. The molecule has 0 unspecified atom stereocenters. The van der Waals surface area contributed by atoms with Gasteiger partial charge < -0.3 is 15.4 Å². The fourth-order valence-corrected chi connectivity index (χ4v) is 3.02. The third-order valence-corrected chi connectivity index (χ3v) is 4.50. The second-order valence-electron chi connectivity index (χ2n) is 6.65. The van der Waals surface area contributed by atoms with Gasteiger partial charge in [-0.3, -0.25) is 14.4 Å². The van der Waals surface area contributed by atoms with Crippen LogP contribution < -0.4 is 10.6 Å². The van der Waals surface area contributed by atoms with Crippen LogP contribution in [0, 0.1) is 12.8 Å². The van der Waals surface area contributed by atoms with Crippen molar-refractivity contribution < 1.29 is 19.1 Å². The molecule has 1 aromatic rings. The minimum Gasteiger partial charge on any atom is -0.454 e. The molecule has 6 heteroatoms. The van der Waals surface area contributed by atoms with Crippen LogP contribution >= 0.6 is 0 Å². The van der Waals surface area contributed by atoms with E-state index in [1.54, 1.807) is 18.2 Å². The smallest absolute Gasteiger partial charge is 0.325 e. The summed E-state index contributed by atoms with van der Waals surface area (Å²) >= 11 is 0. The van der Waals surface area contributed by atoms with Crippen molar-refractivity contribution in [1.82, 2.24) is 10.6 Å². The van der Waals surface area contributed by atoms with Crippen LogP contribution in [0.3, 0.4) is 0 Å². The van der Waals surface area contributed by atoms with Gasteiger partial charge in [-0.2, -0.15) is 0 Å². The average Bonchev–Trinajstić information content (AvgIpc) is 2.60. The van der Waals surface area contributed by atoms with E-state index in [-0.39, 0.29) is 31.0 Å². The Labute approximate surface area is 148 Å². The molecule has 1 aliphatic rings. The Morgan fingerprint density at radius 1 is 1.20 bits per heavy atom. The fraction of sp³-hybridized carbons (Fsp3) is 0.526. The van der Waals surface area contributed by atoms with Gasteiger partial charge in [0, 0.05) is 11.6 Å². The summed E-state index contributed by atoms with van der Waals surface area (Å²) in [7, 11) is 0. The number of esters is 1. The third-order valence-electron chi connectivity index (χ3n) is 4.50. The first-order valence-electron chi connectivity index (χ1n) is 8.75. The van der Waals surface area contributed by atoms with Crippen LogP contribution in [0.2, 0.25) is 0 Å². The minimum atomic E-state index is -0.632. The summed E-state index contributed by atoms with van der Waals surface area (Å²) in [6, 6.07) is 7.23. The van der Waals surface area contributed by atoms with E-state index in [4.69, 9.17) is 4.74 Å². The summed E-state index contributed by atoms with van der Waals surface area (Å²) in [5, 5.41) is 5.41. The highest BCUT2D eigenvalue weighted by Gasteiger charge is 2.23. The second-order valence-corrected chi connectivity index (χ2v) is 6.65. The van der Waals surface area contributed by atoms with Gasteiger partial charge in [-0.15, -0.1) is 0 Å². The van der Waals surface area contributed by atoms with Crippen molar-refractivity contribution in [3.8, 4) is 0 Å². The van der Waals surface area contributed by atoms with Gasteiger partial charge in [-0.1, -0.05) is 37.5 Å². The van der Waals surface area contributed by atoms with E-state index in [0.717, 1.165) is 24.8 Å². The van der Waals surface area contributed by atoms with Crippen LogP contribution in [-0.2, 0) is 14.3 Å². The maximum atomic E-state index is 11.9. The van der Waals surface area contributed by atoms with Crippen LogP contribution in [-0.4, -0.2) is 37.0 Å². The van der Waals surface area contributed by atoms with E-state index in [1.807, 2.05) is 13.0 Å². The van der Waals surface area contributed by atoms with Crippen LogP contribution in [0.1, 0.15) is 48.5 Å². The first-order chi connectivity index (χ1) is 12.0. The molecule has 0 aromatic heterocycles. The number of ether oxygens (including phenoxy) is 1.